The summed E-state index contributed by atoms with van der Waals surface area (Å²) in [7, 11) is 0. The van der Waals surface area contributed by atoms with Gasteiger partial charge in [-0.15, -0.1) is 0 Å². The minimum atomic E-state index is -0.532. The lowest BCUT2D eigenvalue weighted by molar-refractivity contribution is 0.0867. The molecule has 0 bridgehead atoms. The van der Waals surface area contributed by atoms with Crippen molar-refractivity contribution in [3.05, 3.63) is 17.5 Å². The van der Waals surface area contributed by atoms with Crippen LogP contribution in [-0.4, -0.2) is 33.9 Å². The lowest BCUT2D eigenvalue weighted by atomic mass is 9.92. The number of aliphatic hydroxyl groups excluding tert-OH is 1. The first-order valence-electron chi connectivity index (χ1n) is 6.24. The Bertz CT molecular complexity index is 405. The summed E-state index contributed by atoms with van der Waals surface area (Å²) in [6.07, 6.45) is -0.532. The minimum absolute atomic E-state index is 0.0665. The van der Waals surface area contributed by atoms with Crippen LogP contribution < -0.4 is 5.32 Å². The third-order valence-corrected chi connectivity index (χ3v) is 2.86. The van der Waals surface area contributed by atoms with Crippen LogP contribution in [-0.2, 0) is 5.41 Å². The lowest BCUT2D eigenvalue weighted by Crippen LogP contribution is -2.34. The second-order valence-corrected chi connectivity index (χ2v) is 5.94. The van der Waals surface area contributed by atoms with Crippen molar-refractivity contribution in [2.24, 2.45) is 5.92 Å². The SMILES string of the molecule is CC(C)C(O)CNC(=O)c1cc(C(C)(C)C)[nH]n1. The van der Waals surface area contributed by atoms with Crippen molar-refractivity contribution < 1.29 is 9.90 Å². The number of nitrogens with one attached hydrogen (secondary N) is 2. The third-order valence-electron chi connectivity index (χ3n) is 2.86. The van der Waals surface area contributed by atoms with Crippen LogP contribution >= 0.6 is 0 Å². The van der Waals surface area contributed by atoms with Crippen molar-refractivity contribution in [2.75, 3.05) is 6.54 Å². The zero-order valence-corrected chi connectivity index (χ0v) is 11.7. The van der Waals surface area contributed by atoms with Crippen molar-refractivity contribution >= 4 is 5.91 Å². The summed E-state index contributed by atoms with van der Waals surface area (Å²) in [5.74, 6) is -0.143. The summed E-state index contributed by atoms with van der Waals surface area (Å²) in [4.78, 5) is 11.8. The van der Waals surface area contributed by atoms with Crippen LogP contribution in [0, 0.1) is 5.92 Å². The largest absolute Gasteiger partial charge is 0.391 e. The maximum Gasteiger partial charge on any atom is 0.271 e. The molecule has 1 rings (SSSR count). The fourth-order valence-corrected chi connectivity index (χ4v) is 1.35. The highest BCUT2D eigenvalue weighted by Crippen LogP contribution is 2.20. The average Bonchev–Trinajstić information content (AvgIpc) is 2.73. The molecule has 0 saturated heterocycles. The topological polar surface area (TPSA) is 78.0 Å². The number of aromatic nitrogens is 2. The quantitative estimate of drug-likeness (QED) is 0.760. The number of aromatic amines is 1. The summed E-state index contributed by atoms with van der Waals surface area (Å²) in [5.41, 5.74) is 1.20. The van der Waals surface area contributed by atoms with Crippen molar-refractivity contribution in [1.82, 2.24) is 15.5 Å². The standard InChI is InChI=1S/C13H23N3O2/c1-8(2)10(17)7-14-12(18)9-6-11(16-15-9)13(3,4)5/h6,8,10,17H,7H2,1-5H3,(H,14,18)(H,15,16). The van der Waals surface area contributed by atoms with E-state index < -0.39 is 6.10 Å². The smallest absolute Gasteiger partial charge is 0.271 e. The fourth-order valence-electron chi connectivity index (χ4n) is 1.35. The second kappa shape index (κ2) is 5.52. The Morgan fingerprint density at radius 2 is 2.11 bits per heavy atom. The summed E-state index contributed by atoms with van der Waals surface area (Å²) < 4.78 is 0. The first-order valence-corrected chi connectivity index (χ1v) is 6.24. The van der Waals surface area contributed by atoms with Gasteiger partial charge in [-0.1, -0.05) is 34.6 Å². The Morgan fingerprint density at radius 3 is 2.56 bits per heavy atom. The molecule has 0 fully saturated rings. The van der Waals surface area contributed by atoms with E-state index in [1.807, 2.05) is 34.6 Å². The van der Waals surface area contributed by atoms with Gasteiger partial charge in [0.25, 0.3) is 5.91 Å². The molecule has 5 heteroatoms. The van der Waals surface area contributed by atoms with Crippen LogP contribution in [0.2, 0.25) is 0 Å². The van der Waals surface area contributed by atoms with Gasteiger partial charge in [0.15, 0.2) is 0 Å². The van der Waals surface area contributed by atoms with Crippen LogP contribution in [0.25, 0.3) is 0 Å². The number of hydrogen-bond donors (Lipinski definition) is 3. The van der Waals surface area contributed by atoms with Crippen LogP contribution in [0.15, 0.2) is 6.07 Å². The first-order chi connectivity index (χ1) is 8.21. The predicted octanol–water partition coefficient (Wildman–Crippen LogP) is 1.45. The van der Waals surface area contributed by atoms with Gasteiger partial charge in [-0.25, -0.2) is 0 Å². The van der Waals surface area contributed by atoms with Crippen molar-refractivity contribution in [2.45, 2.75) is 46.1 Å². The number of carbonyl (C=O) groups excluding carboxylic acids is 1. The zero-order chi connectivity index (χ0) is 13.9. The van der Waals surface area contributed by atoms with E-state index in [9.17, 15) is 9.90 Å². The Morgan fingerprint density at radius 1 is 1.50 bits per heavy atom. The van der Waals surface area contributed by atoms with E-state index in [0.717, 1.165) is 5.69 Å². The molecule has 0 radical (unpaired) electrons. The van der Waals surface area contributed by atoms with Crippen molar-refractivity contribution in [3.8, 4) is 0 Å². The average molecular weight is 253 g/mol. The normalized spacial score (nSPS) is 13.7. The molecule has 3 N–H and O–H groups in total. The van der Waals surface area contributed by atoms with Gasteiger partial charge in [0.2, 0.25) is 0 Å². The Balaban J connectivity index is 2.60. The molecule has 0 aromatic carbocycles. The van der Waals surface area contributed by atoms with E-state index in [-0.39, 0.29) is 23.8 Å². The van der Waals surface area contributed by atoms with E-state index >= 15 is 0 Å². The molecule has 1 unspecified atom stereocenters. The highest BCUT2D eigenvalue weighted by molar-refractivity contribution is 5.92. The molecule has 0 saturated carbocycles. The fraction of sp³-hybridized carbons (Fsp3) is 0.692. The Hall–Kier alpha value is -1.36. The maximum atomic E-state index is 11.8. The van der Waals surface area contributed by atoms with Crippen LogP contribution in [0.1, 0.15) is 50.8 Å². The molecule has 18 heavy (non-hydrogen) atoms. The molecule has 0 spiro atoms. The van der Waals surface area contributed by atoms with Gasteiger partial charge in [0.05, 0.1) is 6.10 Å². The zero-order valence-electron chi connectivity index (χ0n) is 11.7. The molecule has 5 nitrogen and oxygen atoms in total. The Kier molecular flexibility index (Phi) is 4.51. The van der Waals surface area contributed by atoms with Crippen LogP contribution in [0.5, 0.6) is 0 Å². The van der Waals surface area contributed by atoms with E-state index in [0.29, 0.717) is 5.69 Å². The van der Waals surface area contributed by atoms with Gasteiger partial charge in [0.1, 0.15) is 5.69 Å². The summed E-state index contributed by atoms with van der Waals surface area (Å²) >= 11 is 0. The minimum Gasteiger partial charge on any atom is -0.391 e. The number of hydrogen-bond acceptors (Lipinski definition) is 3. The molecule has 1 atom stereocenters. The van der Waals surface area contributed by atoms with Gasteiger partial charge < -0.3 is 10.4 Å². The lowest BCUT2D eigenvalue weighted by Gasteiger charge is -2.15. The van der Waals surface area contributed by atoms with E-state index in [4.69, 9.17) is 0 Å². The van der Waals surface area contributed by atoms with Gasteiger partial charge in [-0.3, -0.25) is 9.89 Å². The second-order valence-electron chi connectivity index (χ2n) is 5.94. The summed E-state index contributed by atoms with van der Waals surface area (Å²) in [6.45, 7) is 10.2. The molecule has 1 amide bonds. The van der Waals surface area contributed by atoms with Crippen LogP contribution in [0.4, 0.5) is 0 Å². The van der Waals surface area contributed by atoms with Crippen LogP contribution in [0.3, 0.4) is 0 Å². The molecular weight excluding hydrogens is 230 g/mol. The summed E-state index contributed by atoms with van der Waals surface area (Å²) in [5, 5.41) is 19.1. The third kappa shape index (κ3) is 3.84. The monoisotopic (exact) mass is 253 g/mol. The molecule has 1 aromatic heterocycles. The Labute approximate surface area is 108 Å². The number of rotatable bonds is 4. The summed E-state index contributed by atoms with van der Waals surface area (Å²) in [6, 6.07) is 1.75. The number of amides is 1. The number of H-pyrrole nitrogens is 1. The molecule has 1 aromatic rings. The van der Waals surface area contributed by atoms with Gasteiger partial charge in [0, 0.05) is 17.7 Å². The van der Waals surface area contributed by atoms with Gasteiger partial charge >= 0.3 is 0 Å². The van der Waals surface area contributed by atoms with Crippen molar-refractivity contribution in [1.29, 1.82) is 0 Å². The molecular formula is C13H23N3O2. The van der Waals surface area contributed by atoms with Gasteiger partial charge in [-0.2, -0.15) is 5.10 Å². The maximum absolute atomic E-state index is 11.8. The van der Waals surface area contributed by atoms with E-state index in [2.05, 4.69) is 15.5 Å². The number of carbonyl (C=O) groups is 1. The number of nitrogens with zero attached hydrogens (tertiary/aromatic N) is 1. The highest BCUT2D eigenvalue weighted by Gasteiger charge is 2.19. The number of aliphatic hydroxyl groups is 1. The molecule has 0 aliphatic rings. The molecule has 0 aliphatic carbocycles. The molecule has 1 heterocycles. The predicted molar refractivity (Wildman–Crippen MR) is 70.5 cm³/mol. The van der Waals surface area contributed by atoms with E-state index in [1.54, 1.807) is 6.07 Å². The highest BCUT2D eigenvalue weighted by atomic mass is 16.3. The molecule has 102 valence electrons. The molecule has 0 aliphatic heterocycles. The van der Waals surface area contributed by atoms with E-state index in [1.165, 1.54) is 0 Å². The van der Waals surface area contributed by atoms with Crippen molar-refractivity contribution in [3.63, 3.8) is 0 Å². The van der Waals surface area contributed by atoms with Gasteiger partial charge in [-0.05, 0) is 12.0 Å². The first kappa shape index (κ1) is 14.7.